The fourth-order valence-corrected chi connectivity index (χ4v) is 3.30. The number of carboxylic acid groups (broad SMARTS) is 1. The molecule has 22 heavy (non-hydrogen) atoms. The summed E-state index contributed by atoms with van der Waals surface area (Å²) >= 11 is 0. The van der Waals surface area contributed by atoms with Crippen LogP contribution in [0.1, 0.15) is 46.7 Å². The van der Waals surface area contributed by atoms with E-state index in [1.54, 1.807) is 0 Å². The number of rotatable bonds is 2. The fourth-order valence-electron chi connectivity index (χ4n) is 3.30. The number of hydrogen-bond acceptors (Lipinski definition) is 5. The summed E-state index contributed by atoms with van der Waals surface area (Å²) < 4.78 is 5.43. The van der Waals surface area contributed by atoms with Crippen molar-refractivity contribution in [2.45, 2.75) is 25.7 Å². The second kappa shape index (κ2) is 6.00. The van der Waals surface area contributed by atoms with E-state index in [1.807, 2.05) is 4.90 Å². The average Bonchev–Trinajstić information content (AvgIpc) is 2.55. The van der Waals surface area contributed by atoms with Crippen molar-refractivity contribution in [1.82, 2.24) is 14.9 Å². The Hall–Kier alpha value is -2.02. The third kappa shape index (κ3) is 2.94. The molecule has 1 spiro atoms. The van der Waals surface area contributed by atoms with E-state index in [9.17, 15) is 9.59 Å². The average molecular weight is 305 g/mol. The van der Waals surface area contributed by atoms with Crippen molar-refractivity contribution >= 4 is 11.9 Å². The zero-order chi connectivity index (χ0) is 15.6. The molecule has 0 atom stereocenters. The van der Waals surface area contributed by atoms with Crippen LogP contribution >= 0.6 is 0 Å². The molecule has 7 nitrogen and oxygen atoms in total. The van der Waals surface area contributed by atoms with Gasteiger partial charge in [-0.05, 0) is 31.1 Å². The molecule has 118 valence electrons. The second-order valence-corrected chi connectivity index (χ2v) is 6.03. The number of hydrogen-bond donors (Lipinski definition) is 1. The van der Waals surface area contributed by atoms with Crippen LogP contribution in [0.15, 0.2) is 12.4 Å². The van der Waals surface area contributed by atoms with Gasteiger partial charge >= 0.3 is 5.97 Å². The van der Waals surface area contributed by atoms with Gasteiger partial charge in [0, 0.05) is 26.3 Å². The van der Waals surface area contributed by atoms with Crippen molar-refractivity contribution < 1.29 is 19.4 Å². The van der Waals surface area contributed by atoms with Crippen LogP contribution in [0.5, 0.6) is 0 Å². The van der Waals surface area contributed by atoms with Gasteiger partial charge in [0.15, 0.2) is 5.69 Å². The molecule has 2 saturated heterocycles. The summed E-state index contributed by atoms with van der Waals surface area (Å²) in [5.41, 5.74) is 0.214. The highest BCUT2D eigenvalue weighted by Crippen LogP contribution is 2.39. The summed E-state index contributed by atoms with van der Waals surface area (Å²) in [5.74, 6) is -1.32. The molecule has 7 heteroatoms. The number of nitrogens with zero attached hydrogens (tertiary/aromatic N) is 3. The van der Waals surface area contributed by atoms with Crippen LogP contribution in [-0.2, 0) is 4.74 Å². The number of carboxylic acids is 1. The first-order valence-corrected chi connectivity index (χ1v) is 7.52. The van der Waals surface area contributed by atoms with Crippen molar-refractivity contribution in [1.29, 1.82) is 0 Å². The molecule has 3 heterocycles. The van der Waals surface area contributed by atoms with Gasteiger partial charge in [0.25, 0.3) is 5.91 Å². The van der Waals surface area contributed by atoms with E-state index >= 15 is 0 Å². The van der Waals surface area contributed by atoms with E-state index in [-0.39, 0.29) is 22.7 Å². The fraction of sp³-hybridized carbons (Fsp3) is 0.600. The standard InChI is InChI=1S/C15H19N3O4/c19-13(11-8-17-12(9-16-11)14(20)21)18-5-1-2-15(10-18)3-6-22-7-4-15/h8-9H,1-7,10H2,(H,20,21). The van der Waals surface area contributed by atoms with Gasteiger partial charge in [-0.15, -0.1) is 0 Å². The molecule has 1 aromatic heterocycles. The predicted octanol–water partition coefficient (Wildman–Crippen LogP) is 1.21. The van der Waals surface area contributed by atoms with Crippen LogP contribution in [0.3, 0.4) is 0 Å². The third-order valence-electron chi connectivity index (χ3n) is 4.59. The van der Waals surface area contributed by atoms with Crippen LogP contribution in [0.4, 0.5) is 0 Å². The lowest BCUT2D eigenvalue weighted by atomic mass is 9.74. The van der Waals surface area contributed by atoms with Gasteiger partial charge in [-0.1, -0.05) is 0 Å². The molecular weight excluding hydrogens is 286 g/mol. The summed E-state index contributed by atoms with van der Waals surface area (Å²) in [4.78, 5) is 32.9. The Morgan fingerprint density at radius 1 is 1.14 bits per heavy atom. The molecule has 2 fully saturated rings. The normalized spacial score (nSPS) is 20.8. The first-order chi connectivity index (χ1) is 10.6. The van der Waals surface area contributed by atoms with Crippen molar-refractivity contribution in [3.63, 3.8) is 0 Å². The van der Waals surface area contributed by atoms with E-state index in [4.69, 9.17) is 9.84 Å². The van der Waals surface area contributed by atoms with Crippen molar-refractivity contribution in [2.75, 3.05) is 26.3 Å². The first-order valence-electron chi connectivity index (χ1n) is 7.52. The highest BCUT2D eigenvalue weighted by Gasteiger charge is 2.38. The minimum Gasteiger partial charge on any atom is -0.476 e. The van der Waals surface area contributed by atoms with Gasteiger partial charge in [-0.3, -0.25) is 4.79 Å². The molecule has 0 aromatic carbocycles. The first kappa shape index (κ1) is 14.9. The third-order valence-corrected chi connectivity index (χ3v) is 4.59. The Balaban J connectivity index is 1.72. The lowest BCUT2D eigenvalue weighted by Gasteiger charge is -2.44. The summed E-state index contributed by atoms with van der Waals surface area (Å²) in [6, 6.07) is 0. The Bertz CT molecular complexity index is 561. The number of carbonyl (C=O) groups excluding carboxylic acids is 1. The van der Waals surface area contributed by atoms with E-state index < -0.39 is 5.97 Å². The molecule has 0 radical (unpaired) electrons. The van der Waals surface area contributed by atoms with Gasteiger partial charge in [0.2, 0.25) is 0 Å². The number of aromatic carboxylic acids is 1. The molecule has 1 N–H and O–H groups in total. The lowest BCUT2D eigenvalue weighted by molar-refractivity contribution is -0.0230. The van der Waals surface area contributed by atoms with Gasteiger partial charge in [0.05, 0.1) is 12.4 Å². The maximum atomic E-state index is 12.6. The number of ether oxygens (including phenoxy) is 1. The second-order valence-electron chi connectivity index (χ2n) is 6.03. The molecular formula is C15H19N3O4. The summed E-state index contributed by atoms with van der Waals surface area (Å²) in [6.45, 7) is 2.95. The zero-order valence-electron chi connectivity index (χ0n) is 12.3. The smallest absolute Gasteiger partial charge is 0.356 e. The number of amides is 1. The van der Waals surface area contributed by atoms with Gasteiger partial charge < -0.3 is 14.7 Å². The monoisotopic (exact) mass is 305 g/mol. The predicted molar refractivity (Wildman–Crippen MR) is 76.6 cm³/mol. The number of carbonyl (C=O) groups is 2. The maximum Gasteiger partial charge on any atom is 0.356 e. The van der Waals surface area contributed by atoms with Crippen LogP contribution in [-0.4, -0.2) is 58.2 Å². The number of piperidine rings is 1. The Morgan fingerprint density at radius 3 is 2.45 bits per heavy atom. The number of likely N-dealkylation sites (tertiary alicyclic amines) is 1. The topological polar surface area (TPSA) is 92.6 Å². The summed E-state index contributed by atoms with van der Waals surface area (Å²) in [5, 5.41) is 8.82. The minimum absolute atomic E-state index is 0.156. The summed E-state index contributed by atoms with van der Waals surface area (Å²) in [7, 11) is 0. The molecule has 1 aromatic rings. The zero-order valence-corrected chi connectivity index (χ0v) is 12.3. The maximum absolute atomic E-state index is 12.6. The number of aromatic nitrogens is 2. The van der Waals surface area contributed by atoms with Gasteiger partial charge in [-0.25, -0.2) is 14.8 Å². The molecule has 2 aliphatic rings. The van der Waals surface area contributed by atoms with Crippen LogP contribution in [0.25, 0.3) is 0 Å². The highest BCUT2D eigenvalue weighted by molar-refractivity contribution is 5.92. The summed E-state index contributed by atoms with van der Waals surface area (Å²) in [6.07, 6.45) is 6.46. The largest absolute Gasteiger partial charge is 0.476 e. The Kier molecular flexibility index (Phi) is 4.06. The van der Waals surface area contributed by atoms with Crippen molar-refractivity contribution in [2.24, 2.45) is 5.41 Å². The van der Waals surface area contributed by atoms with E-state index in [0.29, 0.717) is 6.54 Å². The lowest BCUT2D eigenvalue weighted by Crippen LogP contribution is -2.48. The highest BCUT2D eigenvalue weighted by atomic mass is 16.5. The van der Waals surface area contributed by atoms with E-state index in [2.05, 4.69) is 9.97 Å². The molecule has 0 saturated carbocycles. The van der Waals surface area contributed by atoms with E-state index in [0.717, 1.165) is 51.6 Å². The van der Waals surface area contributed by atoms with E-state index in [1.165, 1.54) is 6.20 Å². The van der Waals surface area contributed by atoms with Crippen LogP contribution in [0.2, 0.25) is 0 Å². The molecule has 2 aliphatic heterocycles. The SMILES string of the molecule is O=C(O)c1cnc(C(=O)N2CCCC3(CCOCC3)C2)cn1. The van der Waals surface area contributed by atoms with Gasteiger partial charge in [0.1, 0.15) is 5.69 Å². The molecule has 3 rings (SSSR count). The van der Waals surface area contributed by atoms with Crippen molar-refractivity contribution in [3.05, 3.63) is 23.8 Å². The quantitative estimate of drug-likeness (QED) is 0.883. The Labute approximate surface area is 128 Å². The molecule has 0 unspecified atom stereocenters. The molecule has 0 bridgehead atoms. The molecule has 1 amide bonds. The van der Waals surface area contributed by atoms with Crippen molar-refractivity contribution in [3.8, 4) is 0 Å². The van der Waals surface area contributed by atoms with Gasteiger partial charge in [-0.2, -0.15) is 0 Å². The molecule has 0 aliphatic carbocycles. The van der Waals surface area contributed by atoms with Crippen LogP contribution < -0.4 is 0 Å². The minimum atomic E-state index is -1.15. The Morgan fingerprint density at radius 2 is 1.82 bits per heavy atom. The van der Waals surface area contributed by atoms with Crippen LogP contribution in [0, 0.1) is 5.41 Å².